The van der Waals surface area contributed by atoms with E-state index >= 15 is 0 Å². The summed E-state index contributed by atoms with van der Waals surface area (Å²) in [5, 5.41) is 15.0. The van der Waals surface area contributed by atoms with E-state index in [0.717, 1.165) is 0 Å². The summed E-state index contributed by atoms with van der Waals surface area (Å²) in [4.78, 5) is 0. The summed E-state index contributed by atoms with van der Waals surface area (Å²) in [5.74, 6) is 0. The molecule has 0 unspecified atom stereocenters. The van der Waals surface area contributed by atoms with Gasteiger partial charge in [-0.15, -0.1) is 0 Å². The quantitative estimate of drug-likeness (QED) is 0.146. The minimum absolute atomic E-state index is 1.21. The van der Waals surface area contributed by atoms with Crippen molar-refractivity contribution in [3.63, 3.8) is 0 Å². The van der Waals surface area contributed by atoms with Crippen LogP contribution in [0.4, 0.5) is 0 Å². The standard InChI is InChI=1S/C66H42/c1-4-12-43(13-5-1)49-23-21-45-22-25-51(36-56(45)35-49)55-29-33-62-60-31-27-53(38-58(60)42-64(66(62)40-55)47-17-8-3-9-18-47)52-26-30-59-57(37-52)41-63(46-15-6-2-7-16-46)65-39-54(28-32-61(59)65)50-24-20-44-14-10-11-19-48(44)34-50/h1-42H. The van der Waals surface area contributed by atoms with Gasteiger partial charge in [0.2, 0.25) is 0 Å². The molecular weight excluding hydrogens is 793 g/mol. The number of hydrogen-bond donors (Lipinski definition) is 0. The van der Waals surface area contributed by atoms with Gasteiger partial charge in [-0.2, -0.15) is 0 Å². The van der Waals surface area contributed by atoms with E-state index in [-0.39, 0.29) is 0 Å². The molecule has 0 amide bonds. The maximum Gasteiger partial charge on any atom is -0.00928 e. The molecule has 0 aliphatic heterocycles. The van der Waals surface area contributed by atoms with Crippen LogP contribution >= 0.6 is 0 Å². The van der Waals surface area contributed by atoms with E-state index in [1.165, 1.54) is 131 Å². The molecule has 0 radical (unpaired) electrons. The highest BCUT2D eigenvalue weighted by molar-refractivity contribution is 6.17. The van der Waals surface area contributed by atoms with Crippen molar-refractivity contribution < 1.29 is 0 Å². The molecule has 0 aromatic heterocycles. The van der Waals surface area contributed by atoms with Gasteiger partial charge < -0.3 is 0 Å². The van der Waals surface area contributed by atoms with Crippen LogP contribution in [-0.4, -0.2) is 0 Å². The lowest BCUT2D eigenvalue weighted by molar-refractivity contribution is 1.63. The zero-order chi connectivity index (χ0) is 43.6. The molecule has 66 heavy (non-hydrogen) atoms. The third-order valence-electron chi connectivity index (χ3n) is 13.8. The Morgan fingerprint density at radius 1 is 0.136 bits per heavy atom. The molecule has 0 fully saturated rings. The molecule has 0 N–H and O–H groups in total. The highest BCUT2D eigenvalue weighted by atomic mass is 14.2. The van der Waals surface area contributed by atoms with Crippen molar-refractivity contribution in [1.29, 1.82) is 0 Å². The predicted octanol–water partition coefficient (Wildman–Crippen LogP) is 18.6. The van der Waals surface area contributed by atoms with E-state index < -0.39 is 0 Å². The Hall–Kier alpha value is -8.58. The first-order valence-corrected chi connectivity index (χ1v) is 22.9. The van der Waals surface area contributed by atoms with Crippen LogP contribution in [0, 0.1) is 0 Å². The Bertz CT molecular complexity index is 4010. The lowest BCUT2D eigenvalue weighted by Crippen LogP contribution is -1.89. The third kappa shape index (κ3) is 6.62. The third-order valence-corrected chi connectivity index (χ3v) is 13.8. The fourth-order valence-electron chi connectivity index (χ4n) is 10.4. The van der Waals surface area contributed by atoms with Crippen LogP contribution in [0.3, 0.4) is 0 Å². The van der Waals surface area contributed by atoms with Crippen molar-refractivity contribution in [3.8, 4) is 66.8 Å². The molecule has 13 aromatic carbocycles. The molecule has 13 aromatic rings. The summed E-state index contributed by atoms with van der Waals surface area (Å²) in [6.45, 7) is 0. The van der Waals surface area contributed by atoms with Crippen LogP contribution in [0.5, 0.6) is 0 Å². The Labute approximate surface area is 384 Å². The summed E-state index contributed by atoms with van der Waals surface area (Å²) in [6, 6.07) is 94.3. The smallest absolute Gasteiger partial charge is 0.00928 e. The van der Waals surface area contributed by atoms with Crippen LogP contribution in [0.1, 0.15) is 0 Å². The van der Waals surface area contributed by atoms with Crippen LogP contribution in [-0.2, 0) is 0 Å². The predicted molar refractivity (Wildman–Crippen MR) is 284 cm³/mol. The second kappa shape index (κ2) is 15.6. The van der Waals surface area contributed by atoms with Crippen molar-refractivity contribution in [1.82, 2.24) is 0 Å². The van der Waals surface area contributed by atoms with E-state index in [0.29, 0.717) is 0 Å². The minimum atomic E-state index is 1.21. The maximum atomic E-state index is 2.40. The van der Waals surface area contributed by atoms with Crippen molar-refractivity contribution >= 4 is 64.6 Å². The number of benzene rings is 13. The van der Waals surface area contributed by atoms with Gasteiger partial charge in [0.15, 0.2) is 0 Å². The molecule has 0 heteroatoms. The van der Waals surface area contributed by atoms with Gasteiger partial charge in [0.25, 0.3) is 0 Å². The average Bonchev–Trinajstić information content (AvgIpc) is 3.40. The fraction of sp³-hybridized carbons (Fsp3) is 0. The largest absolute Gasteiger partial charge is 0.0622 e. The SMILES string of the molecule is c1ccc(-c2ccc3ccc(-c4ccc5c(c4)c(-c4ccccc4)cc4cc(-c6ccc7c(c6)cc(-c6ccccc6)c6cc(-c8ccc9ccccc9c8)ccc67)ccc45)cc3c2)cc1. The number of hydrogen-bond acceptors (Lipinski definition) is 0. The summed E-state index contributed by atoms with van der Waals surface area (Å²) >= 11 is 0. The molecule has 13 rings (SSSR count). The van der Waals surface area contributed by atoms with E-state index in [1.54, 1.807) is 0 Å². The van der Waals surface area contributed by atoms with Crippen molar-refractivity contribution in [3.05, 3.63) is 255 Å². The zero-order valence-electron chi connectivity index (χ0n) is 36.2. The molecule has 0 aliphatic rings. The number of rotatable bonds is 6. The van der Waals surface area contributed by atoms with E-state index in [9.17, 15) is 0 Å². The van der Waals surface area contributed by atoms with Gasteiger partial charge in [0.1, 0.15) is 0 Å². The fourth-order valence-corrected chi connectivity index (χ4v) is 10.4. The van der Waals surface area contributed by atoms with Gasteiger partial charge in [-0.3, -0.25) is 0 Å². The molecular formula is C66H42. The van der Waals surface area contributed by atoms with Crippen LogP contribution in [0.2, 0.25) is 0 Å². The second-order valence-electron chi connectivity index (χ2n) is 17.7. The molecule has 0 atom stereocenters. The van der Waals surface area contributed by atoms with Gasteiger partial charge in [-0.1, -0.05) is 200 Å². The molecule has 0 saturated carbocycles. The van der Waals surface area contributed by atoms with Gasteiger partial charge >= 0.3 is 0 Å². The molecule has 0 heterocycles. The lowest BCUT2D eigenvalue weighted by atomic mass is 9.88. The minimum Gasteiger partial charge on any atom is -0.0622 e. The van der Waals surface area contributed by atoms with Gasteiger partial charge in [0, 0.05) is 0 Å². The van der Waals surface area contributed by atoms with Gasteiger partial charge in [0.05, 0.1) is 0 Å². The monoisotopic (exact) mass is 834 g/mol. The first-order chi connectivity index (χ1) is 32.7. The summed E-state index contributed by atoms with van der Waals surface area (Å²) in [6.07, 6.45) is 0. The van der Waals surface area contributed by atoms with Crippen LogP contribution in [0.15, 0.2) is 255 Å². The average molecular weight is 835 g/mol. The molecule has 0 saturated heterocycles. The van der Waals surface area contributed by atoms with Gasteiger partial charge in [-0.05, 0) is 186 Å². The van der Waals surface area contributed by atoms with Gasteiger partial charge in [-0.25, -0.2) is 0 Å². The summed E-state index contributed by atoms with van der Waals surface area (Å²) in [5.41, 5.74) is 14.7. The normalized spacial score (nSPS) is 11.6. The zero-order valence-corrected chi connectivity index (χ0v) is 36.2. The van der Waals surface area contributed by atoms with E-state index in [1.807, 2.05) is 0 Å². The summed E-state index contributed by atoms with van der Waals surface area (Å²) in [7, 11) is 0. The van der Waals surface area contributed by atoms with Crippen LogP contribution in [0.25, 0.3) is 131 Å². The van der Waals surface area contributed by atoms with Crippen molar-refractivity contribution in [2.45, 2.75) is 0 Å². The van der Waals surface area contributed by atoms with E-state index in [2.05, 4.69) is 255 Å². The summed E-state index contributed by atoms with van der Waals surface area (Å²) < 4.78 is 0. The topological polar surface area (TPSA) is 0 Å². The molecule has 0 nitrogen and oxygen atoms in total. The van der Waals surface area contributed by atoms with Crippen molar-refractivity contribution in [2.75, 3.05) is 0 Å². The maximum absolute atomic E-state index is 2.40. The first-order valence-electron chi connectivity index (χ1n) is 22.9. The van der Waals surface area contributed by atoms with E-state index in [4.69, 9.17) is 0 Å². The number of fused-ring (bicyclic) bond motifs is 8. The van der Waals surface area contributed by atoms with Crippen molar-refractivity contribution in [2.24, 2.45) is 0 Å². The highest BCUT2D eigenvalue weighted by Crippen LogP contribution is 2.42. The Morgan fingerprint density at radius 2 is 0.455 bits per heavy atom. The Morgan fingerprint density at radius 3 is 0.924 bits per heavy atom. The first kappa shape index (κ1) is 37.9. The lowest BCUT2D eigenvalue weighted by Gasteiger charge is -2.16. The van der Waals surface area contributed by atoms with Crippen LogP contribution < -0.4 is 0 Å². The Kier molecular flexibility index (Phi) is 8.96. The molecule has 0 spiro atoms. The molecule has 0 aliphatic carbocycles. The molecule has 0 bridgehead atoms. The Balaban J connectivity index is 0.925. The highest BCUT2D eigenvalue weighted by Gasteiger charge is 2.15. The molecule has 306 valence electrons. The second-order valence-corrected chi connectivity index (χ2v) is 17.7.